The first kappa shape index (κ1) is 29.4. The molecule has 4 rings (SSSR count). The summed E-state index contributed by atoms with van der Waals surface area (Å²) in [4.78, 5) is 15.3. The van der Waals surface area contributed by atoms with Crippen LogP contribution in [0.1, 0.15) is 49.2 Å². The van der Waals surface area contributed by atoms with Crippen LogP contribution in [0, 0.1) is 6.92 Å². The zero-order valence-electron chi connectivity index (χ0n) is 23.6. The molecule has 2 aliphatic heterocycles. The molecule has 0 atom stereocenters. The van der Waals surface area contributed by atoms with Crippen LogP contribution in [0.5, 0.6) is 5.75 Å². The van der Waals surface area contributed by atoms with Crippen LogP contribution in [0.4, 0.5) is 11.4 Å². The predicted octanol–water partition coefficient (Wildman–Crippen LogP) is 2.87. The van der Waals surface area contributed by atoms with E-state index in [0.29, 0.717) is 37.4 Å². The van der Waals surface area contributed by atoms with Gasteiger partial charge in [-0.15, -0.1) is 0 Å². The first-order valence-electron chi connectivity index (χ1n) is 12.9. The zero-order valence-corrected chi connectivity index (χ0v) is 24.4. The number of rotatable bonds is 10. The number of amides is 1. The van der Waals surface area contributed by atoms with Crippen molar-refractivity contribution in [2.45, 2.75) is 52.2 Å². The van der Waals surface area contributed by atoms with Crippen LogP contribution in [0.25, 0.3) is 0 Å². The van der Waals surface area contributed by atoms with E-state index in [1.807, 2.05) is 46.8 Å². The van der Waals surface area contributed by atoms with Crippen molar-refractivity contribution < 1.29 is 36.7 Å². The summed E-state index contributed by atoms with van der Waals surface area (Å²) in [6, 6.07) is 8.67. The Bertz CT molecular complexity index is 1330. The van der Waals surface area contributed by atoms with E-state index in [4.69, 9.17) is 23.5 Å². The fourth-order valence-electron chi connectivity index (χ4n) is 4.64. The van der Waals surface area contributed by atoms with E-state index < -0.39 is 28.3 Å². The second-order valence-electron chi connectivity index (χ2n) is 10.8. The molecule has 212 valence electrons. The van der Waals surface area contributed by atoms with Gasteiger partial charge in [-0.1, -0.05) is 6.07 Å². The van der Waals surface area contributed by atoms with Crippen LogP contribution < -0.4 is 19.8 Å². The van der Waals surface area contributed by atoms with Crippen LogP contribution >= 0.6 is 0 Å². The van der Waals surface area contributed by atoms with Crippen LogP contribution in [-0.4, -0.2) is 72.6 Å². The number of fused-ring (bicyclic) bond motifs is 1. The summed E-state index contributed by atoms with van der Waals surface area (Å²) < 4.78 is 54.9. The maximum Gasteiger partial charge on any atom is 0.495 e. The minimum absolute atomic E-state index is 0.0818. The third-order valence-corrected chi connectivity index (χ3v) is 8.10. The van der Waals surface area contributed by atoms with Crippen molar-refractivity contribution in [3.63, 3.8) is 0 Å². The lowest BCUT2D eigenvalue weighted by molar-refractivity contribution is -0.00814. The van der Waals surface area contributed by atoms with Gasteiger partial charge in [0, 0.05) is 24.9 Å². The lowest BCUT2D eigenvalue weighted by Crippen LogP contribution is -2.41. The number of anilines is 2. The number of hydrogen-bond donors (Lipinski definition) is 1. The summed E-state index contributed by atoms with van der Waals surface area (Å²) in [5, 5.41) is 0. The van der Waals surface area contributed by atoms with Gasteiger partial charge in [0.15, 0.2) is 6.79 Å². The summed E-state index contributed by atoms with van der Waals surface area (Å²) >= 11 is 0. The second-order valence-corrected chi connectivity index (χ2v) is 12.6. The number of carbonyl (C=O) groups excluding carboxylic acids is 1. The highest BCUT2D eigenvalue weighted by Gasteiger charge is 2.52. The highest BCUT2D eigenvalue weighted by Crippen LogP contribution is 2.38. The SMILES string of the molecule is COCCOCOc1ccc(N2CCc3c(ccc(B4OC(C)(C)C(C)(C)O4)c3C)C2=O)cc1NS(C)(=O)=O. The second kappa shape index (κ2) is 11.1. The average Bonchev–Trinajstić information content (AvgIpc) is 3.06. The number of hydrogen-bond acceptors (Lipinski definition) is 8. The molecule has 1 N–H and O–H groups in total. The first-order valence-corrected chi connectivity index (χ1v) is 14.7. The highest BCUT2D eigenvalue weighted by atomic mass is 32.2. The van der Waals surface area contributed by atoms with E-state index in [9.17, 15) is 13.2 Å². The van der Waals surface area contributed by atoms with E-state index in [-0.39, 0.29) is 24.1 Å². The molecule has 10 nitrogen and oxygen atoms in total. The third-order valence-electron chi connectivity index (χ3n) is 7.51. The molecule has 0 saturated carbocycles. The van der Waals surface area contributed by atoms with Gasteiger partial charge < -0.3 is 28.4 Å². The van der Waals surface area contributed by atoms with Crippen molar-refractivity contribution in [3.8, 4) is 5.75 Å². The summed E-state index contributed by atoms with van der Waals surface area (Å²) in [5.41, 5.74) is 3.31. The Labute approximate surface area is 231 Å². The van der Waals surface area contributed by atoms with Crippen LogP contribution in [0.15, 0.2) is 30.3 Å². The van der Waals surface area contributed by atoms with E-state index in [1.54, 1.807) is 30.2 Å². The van der Waals surface area contributed by atoms with Gasteiger partial charge in [0.2, 0.25) is 10.0 Å². The Morgan fingerprint density at radius 3 is 2.41 bits per heavy atom. The van der Waals surface area contributed by atoms with Crippen molar-refractivity contribution in [3.05, 3.63) is 47.0 Å². The van der Waals surface area contributed by atoms with Crippen molar-refractivity contribution in [2.75, 3.05) is 49.5 Å². The summed E-state index contributed by atoms with van der Waals surface area (Å²) in [7, 11) is -2.55. The average molecular weight is 560 g/mol. The van der Waals surface area contributed by atoms with E-state index in [1.165, 1.54) is 0 Å². The van der Waals surface area contributed by atoms with Gasteiger partial charge in [-0.05, 0) is 81.9 Å². The molecule has 2 heterocycles. The van der Waals surface area contributed by atoms with E-state index in [2.05, 4.69) is 4.72 Å². The van der Waals surface area contributed by atoms with Gasteiger partial charge in [-0.25, -0.2) is 8.42 Å². The lowest BCUT2D eigenvalue weighted by Gasteiger charge is -2.32. The molecule has 0 bridgehead atoms. The number of ether oxygens (including phenoxy) is 3. The fraction of sp³-hybridized carbons (Fsp3) is 0.519. The number of methoxy groups -OCH3 is 1. The van der Waals surface area contributed by atoms with Crippen molar-refractivity contribution >= 4 is 39.9 Å². The Morgan fingerprint density at radius 2 is 1.77 bits per heavy atom. The molecule has 0 aromatic heterocycles. The molecule has 12 heteroatoms. The van der Waals surface area contributed by atoms with Crippen molar-refractivity contribution in [1.29, 1.82) is 0 Å². The number of sulfonamides is 1. The maximum atomic E-state index is 13.6. The molecule has 1 amide bonds. The Morgan fingerprint density at radius 1 is 1.08 bits per heavy atom. The number of benzene rings is 2. The minimum Gasteiger partial charge on any atom is -0.465 e. The van der Waals surface area contributed by atoms with Crippen LogP contribution in [0.2, 0.25) is 0 Å². The normalized spacial score (nSPS) is 18.3. The standard InChI is InChI=1S/C27H37BN2O8S/c1-18-20-12-13-30(25(31)21(20)9-10-22(18)28-37-26(2,3)27(4,5)38-28)19-8-11-24(36-17-35-15-14-34-6)23(16-19)29-39(7,32)33/h8-11,16,29H,12-15,17H2,1-7H3. The molecule has 0 radical (unpaired) electrons. The van der Waals surface area contributed by atoms with Crippen LogP contribution in [-0.2, 0) is 35.2 Å². The topological polar surface area (TPSA) is 113 Å². The smallest absolute Gasteiger partial charge is 0.465 e. The first-order chi connectivity index (χ1) is 18.2. The van der Waals surface area contributed by atoms with Crippen molar-refractivity contribution in [2.24, 2.45) is 0 Å². The Balaban J connectivity index is 1.58. The molecule has 1 saturated heterocycles. The largest absolute Gasteiger partial charge is 0.495 e. The van der Waals surface area contributed by atoms with Gasteiger partial charge in [0.1, 0.15) is 5.75 Å². The quantitative estimate of drug-likeness (QED) is 0.268. The van der Waals surface area contributed by atoms with E-state index >= 15 is 0 Å². The maximum absolute atomic E-state index is 13.6. The molecule has 2 aromatic carbocycles. The fourth-order valence-corrected chi connectivity index (χ4v) is 5.20. The molecule has 2 aliphatic rings. The summed E-state index contributed by atoms with van der Waals surface area (Å²) in [6.07, 6.45) is 1.68. The Kier molecular flexibility index (Phi) is 8.35. The molecule has 1 fully saturated rings. The zero-order chi connectivity index (χ0) is 28.6. The van der Waals surface area contributed by atoms with Gasteiger partial charge in [0.25, 0.3) is 5.91 Å². The number of nitrogens with zero attached hydrogens (tertiary/aromatic N) is 1. The molecular formula is C27H37BN2O8S. The lowest BCUT2D eigenvalue weighted by atomic mass is 9.73. The molecular weight excluding hydrogens is 523 g/mol. The van der Waals surface area contributed by atoms with Crippen LogP contribution in [0.3, 0.4) is 0 Å². The number of carbonyl (C=O) groups is 1. The minimum atomic E-state index is -3.60. The summed E-state index contributed by atoms with van der Waals surface area (Å²) in [6.45, 7) is 11.1. The van der Waals surface area contributed by atoms with Crippen molar-refractivity contribution in [1.82, 2.24) is 0 Å². The van der Waals surface area contributed by atoms with Gasteiger partial charge >= 0.3 is 7.12 Å². The molecule has 0 unspecified atom stereocenters. The van der Waals surface area contributed by atoms with E-state index in [0.717, 1.165) is 22.8 Å². The predicted molar refractivity (Wildman–Crippen MR) is 151 cm³/mol. The van der Waals surface area contributed by atoms with Gasteiger partial charge in [0.05, 0.1) is 36.4 Å². The number of nitrogens with one attached hydrogen (secondary N) is 1. The van der Waals surface area contributed by atoms with Gasteiger partial charge in [-0.2, -0.15) is 0 Å². The summed E-state index contributed by atoms with van der Waals surface area (Å²) in [5.74, 6) is 0.121. The molecule has 0 spiro atoms. The third kappa shape index (κ3) is 6.25. The highest BCUT2D eigenvalue weighted by molar-refractivity contribution is 7.92. The Hall–Kier alpha value is -2.64. The monoisotopic (exact) mass is 560 g/mol. The molecule has 39 heavy (non-hydrogen) atoms. The molecule has 0 aliphatic carbocycles. The van der Waals surface area contributed by atoms with Gasteiger partial charge in [-0.3, -0.25) is 9.52 Å². The molecule has 2 aromatic rings.